The third-order valence-corrected chi connectivity index (χ3v) is 2.34. The average Bonchev–Trinajstić information content (AvgIpc) is 2.39. The molecule has 0 atom stereocenters. The van der Waals surface area contributed by atoms with Crippen molar-refractivity contribution in [2.45, 2.75) is 26.7 Å². The summed E-state index contributed by atoms with van der Waals surface area (Å²) in [5.41, 5.74) is 3.73. The Labute approximate surface area is 78.2 Å². The monoisotopic (exact) mass is 174 g/mol. The Morgan fingerprint density at radius 1 is 1.31 bits per heavy atom. The van der Waals surface area contributed by atoms with E-state index in [9.17, 15) is 0 Å². The quantitative estimate of drug-likeness (QED) is 0.649. The summed E-state index contributed by atoms with van der Waals surface area (Å²) in [6.07, 6.45) is 1.99. The van der Waals surface area contributed by atoms with Gasteiger partial charge >= 0.3 is 0 Å². The van der Waals surface area contributed by atoms with Crippen molar-refractivity contribution in [2.75, 3.05) is 0 Å². The van der Waals surface area contributed by atoms with Crippen molar-refractivity contribution in [3.63, 3.8) is 0 Å². The van der Waals surface area contributed by atoms with Gasteiger partial charge in [-0.2, -0.15) is 5.10 Å². The largest absolute Gasteiger partial charge is 0.240 e. The number of aryl methyl sites for hydroxylation is 1. The maximum absolute atomic E-state index is 4.45. The second-order valence-electron chi connectivity index (χ2n) is 3.68. The number of fused-ring (bicyclic) bond motifs is 1. The molecule has 0 unspecified atom stereocenters. The molecule has 0 amide bonds. The molecule has 2 heterocycles. The lowest BCUT2D eigenvalue weighted by atomic mass is 10.0. The van der Waals surface area contributed by atoms with E-state index in [0.29, 0.717) is 5.92 Å². The summed E-state index contributed by atoms with van der Waals surface area (Å²) < 4.78 is 1.95. The molecule has 2 aromatic rings. The number of hydrogen-bond donors (Lipinski definition) is 0. The van der Waals surface area contributed by atoms with Gasteiger partial charge < -0.3 is 0 Å². The summed E-state index contributed by atoms with van der Waals surface area (Å²) in [5, 5.41) is 4.45. The first-order valence-electron chi connectivity index (χ1n) is 4.64. The Morgan fingerprint density at radius 2 is 2.08 bits per heavy atom. The van der Waals surface area contributed by atoms with Gasteiger partial charge in [0, 0.05) is 11.8 Å². The smallest absolute Gasteiger partial charge is 0.0698 e. The molecule has 0 saturated carbocycles. The summed E-state index contributed by atoms with van der Waals surface area (Å²) in [6, 6.07) is 6.18. The van der Waals surface area contributed by atoms with E-state index < -0.39 is 0 Å². The molecule has 0 bridgehead atoms. The van der Waals surface area contributed by atoms with Crippen molar-refractivity contribution >= 4 is 5.52 Å². The van der Waals surface area contributed by atoms with Crippen LogP contribution in [0.15, 0.2) is 24.4 Å². The van der Waals surface area contributed by atoms with Crippen molar-refractivity contribution in [3.05, 3.63) is 35.7 Å². The summed E-state index contributed by atoms with van der Waals surface area (Å²) in [6.45, 7) is 6.48. The summed E-state index contributed by atoms with van der Waals surface area (Å²) >= 11 is 0. The normalized spacial score (nSPS) is 11.4. The zero-order valence-electron chi connectivity index (χ0n) is 8.28. The fourth-order valence-corrected chi connectivity index (χ4v) is 1.85. The lowest BCUT2D eigenvalue weighted by molar-refractivity contribution is 0.862. The molecule has 2 aromatic heterocycles. The highest BCUT2D eigenvalue weighted by Gasteiger charge is 2.10. The van der Waals surface area contributed by atoms with Gasteiger partial charge in [0.15, 0.2) is 0 Å². The van der Waals surface area contributed by atoms with Crippen LogP contribution in [0.3, 0.4) is 0 Å². The lowest BCUT2D eigenvalue weighted by Crippen LogP contribution is -1.88. The third-order valence-electron chi connectivity index (χ3n) is 2.34. The van der Waals surface area contributed by atoms with Gasteiger partial charge in [-0.25, -0.2) is 4.52 Å². The number of pyridine rings is 1. The molecule has 0 saturated heterocycles. The van der Waals surface area contributed by atoms with Crippen LogP contribution in [0.2, 0.25) is 0 Å². The third kappa shape index (κ3) is 1.22. The van der Waals surface area contributed by atoms with Crippen LogP contribution >= 0.6 is 0 Å². The summed E-state index contributed by atoms with van der Waals surface area (Å²) in [4.78, 5) is 0. The van der Waals surface area contributed by atoms with Gasteiger partial charge in [-0.3, -0.25) is 0 Å². The first-order chi connectivity index (χ1) is 6.20. The van der Waals surface area contributed by atoms with Crippen molar-refractivity contribution in [3.8, 4) is 0 Å². The maximum atomic E-state index is 4.45. The minimum atomic E-state index is 0.542. The van der Waals surface area contributed by atoms with Crippen LogP contribution in [-0.4, -0.2) is 9.61 Å². The minimum absolute atomic E-state index is 0.542. The molecule has 0 aliphatic rings. The van der Waals surface area contributed by atoms with E-state index in [2.05, 4.69) is 38.0 Å². The van der Waals surface area contributed by atoms with E-state index in [-0.39, 0.29) is 0 Å². The van der Waals surface area contributed by atoms with Gasteiger partial charge in [-0.1, -0.05) is 19.9 Å². The molecule has 0 aromatic carbocycles. The van der Waals surface area contributed by atoms with Crippen molar-refractivity contribution in [1.82, 2.24) is 9.61 Å². The van der Waals surface area contributed by atoms with E-state index in [1.807, 2.05) is 16.8 Å². The van der Waals surface area contributed by atoms with Crippen LogP contribution in [0, 0.1) is 6.92 Å². The SMILES string of the molecule is Cc1nn2ccccc2c1C(C)C. The maximum Gasteiger partial charge on any atom is 0.0698 e. The molecular formula is C11H14N2. The van der Waals surface area contributed by atoms with Crippen LogP contribution in [-0.2, 0) is 0 Å². The molecule has 0 N–H and O–H groups in total. The first-order valence-corrected chi connectivity index (χ1v) is 4.64. The highest BCUT2D eigenvalue weighted by molar-refractivity contribution is 5.57. The van der Waals surface area contributed by atoms with Gasteiger partial charge in [-0.05, 0) is 25.0 Å². The standard InChI is InChI=1S/C11H14N2/c1-8(2)11-9(3)12-13-7-5-4-6-10(11)13/h4-8H,1-3H3. The van der Waals surface area contributed by atoms with Gasteiger partial charge in [0.25, 0.3) is 0 Å². The minimum Gasteiger partial charge on any atom is -0.240 e. The van der Waals surface area contributed by atoms with Crippen LogP contribution in [0.25, 0.3) is 5.52 Å². The Balaban J connectivity index is 2.78. The fraction of sp³-hybridized carbons (Fsp3) is 0.364. The van der Waals surface area contributed by atoms with Gasteiger partial charge in [0.2, 0.25) is 0 Å². The molecular weight excluding hydrogens is 160 g/mol. The number of rotatable bonds is 1. The van der Waals surface area contributed by atoms with E-state index in [4.69, 9.17) is 0 Å². The Morgan fingerprint density at radius 3 is 2.77 bits per heavy atom. The lowest BCUT2D eigenvalue weighted by Gasteiger charge is -2.02. The van der Waals surface area contributed by atoms with Crippen LogP contribution in [0.5, 0.6) is 0 Å². The second-order valence-corrected chi connectivity index (χ2v) is 3.68. The van der Waals surface area contributed by atoms with E-state index in [1.54, 1.807) is 0 Å². The van der Waals surface area contributed by atoms with Crippen molar-refractivity contribution in [1.29, 1.82) is 0 Å². The molecule has 2 nitrogen and oxygen atoms in total. The Bertz CT molecular complexity index is 427. The zero-order chi connectivity index (χ0) is 9.42. The topological polar surface area (TPSA) is 17.3 Å². The van der Waals surface area contributed by atoms with Gasteiger partial charge in [-0.15, -0.1) is 0 Å². The van der Waals surface area contributed by atoms with Crippen LogP contribution in [0.1, 0.15) is 31.0 Å². The van der Waals surface area contributed by atoms with Gasteiger partial charge in [0.05, 0.1) is 11.2 Å². The van der Waals surface area contributed by atoms with Crippen LogP contribution < -0.4 is 0 Å². The molecule has 0 spiro atoms. The highest BCUT2D eigenvalue weighted by atomic mass is 15.2. The van der Waals surface area contributed by atoms with Crippen molar-refractivity contribution < 1.29 is 0 Å². The summed E-state index contributed by atoms with van der Waals surface area (Å²) in [5.74, 6) is 0.542. The average molecular weight is 174 g/mol. The molecule has 68 valence electrons. The molecule has 0 radical (unpaired) electrons. The molecule has 0 aliphatic carbocycles. The molecule has 0 aliphatic heterocycles. The predicted molar refractivity (Wildman–Crippen MR) is 54.0 cm³/mol. The predicted octanol–water partition coefficient (Wildman–Crippen LogP) is 2.77. The molecule has 0 fully saturated rings. The first kappa shape index (κ1) is 8.30. The van der Waals surface area contributed by atoms with E-state index in [1.165, 1.54) is 11.1 Å². The Hall–Kier alpha value is -1.31. The number of hydrogen-bond acceptors (Lipinski definition) is 1. The van der Waals surface area contributed by atoms with E-state index in [0.717, 1.165) is 5.69 Å². The van der Waals surface area contributed by atoms with E-state index >= 15 is 0 Å². The van der Waals surface area contributed by atoms with Crippen molar-refractivity contribution in [2.24, 2.45) is 0 Å². The molecule has 2 rings (SSSR count). The number of nitrogens with zero attached hydrogens (tertiary/aromatic N) is 2. The summed E-state index contributed by atoms with van der Waals surface area (Å²) in [7, 11) is 0. The van der Waals surface area contributed by atoms with Crippen LogP contribution in [0.4, 0.5) is 0 Å². The Kier molecular flexibility index (Phi) is 1.83. The zero-order valence-corrected chi connectivity index (χ0v) is 8.28. The number of aromatic nitrogens is 2. The molecule has 13 heavy (non-hydrogen) atoms. The van der Waals surface area contributed by atoms with Gasteiger partial charge in [0.1, 0.15) is 0 Å². The highest BCUT2D eigenvalue weighted by Crippen LogP contribution is 2.23. The molecule has 2 heteroatoms. The second kappa shape index (κ2) is 2.87. The fourth-order valence-electron chi connectivity index (χ4n) is 1.85.